The topological polar surface area (TPSA) is 49.3 Å². The number of amides is 1. The summed E-state index contributed by atoms with van der Waals surface area (Å²) in [7, 11) is 0. The second-order valence-corrected chi connectivity index (χ2v) is 5.09. The van der Waals surface area contributed by atoms with Crippen LogP contribution in [0.25, 0.3) is 0 Å². The smallest absolute Gasteiger partial charge is 0.227 e. The predicted molar refractivity (Wildman–Crippen MR) is 85.1 cm³/mol. The molecule has 0 aromatic heterocycles. The average Bonchev–Trinajstić information content (AvgIpc) is 2.50. The van der Waals surface area contributed by atoms with Crippen LogP contribution in [-0.4, -0.2) is 11.0 Å². The molecule has 2 aromatic carbocycles. The molecule has 0 fully saturated rings. The monoisotopic (exact) mass is 283 g/mol. The van der Waals surface area contributed by atoms with E-state index in [9.17, 15) is 9.90 Å². The van der Waals surface area contributed by atoms with Gasteiger partial charge in [-0.05, 0) is 23.6 Å². The Balaban J connectivity index is 1.99. The van der Waals surface area contributed by atoms with Crippen molar-refractivity contribution in [3.05, 3.63) is 65.7 Å². The maximum Gasteiger partial charge on any atom is 0.227 e. The fraction of sp³-hybridized carbons (Fsp3) is 0.278. The van der Waals surface area contributed by atoms with Crippen molar-refractivity contribution in [2.45, 2.75) is 32.3 Å². The molecule has 0 aliphatic heterocycles. The van der Waals surface area contributed by atoms with E-state index in [1.165, 1.54) is 0 Å². The lowest BCUT2D eigenvalue weighted by atomic mass is 10.1. The summed E-state index contributed by atoms with van der Waals surface area (Å²) in [4.78, 5) is 12.1. The molecule has 2 aromatic rings. The molecule has 0 spiro atoms. The van der Waals surface area contributed by atoms with Gasteiger partial charge in [0.25, 0.3) is 0 Å². The molecule has 1 unspecified atom stereocenters. The van der Waals surface area contributed by atoms with Gasteiger partial charge in [-0.3, -0.25) is 4.79 Å². The number of aliphatic hydroxyl groups excluding tert-OH is 1. The number of rotatable bonds is 6. The van der Waals surface area contributed by atoms with Gasteiger partial charge in [0.2, 0.25) is 5.91 Å². The van der Waals surface area contributed by atoms with Crippen molar-refractivity contribution in [3.8, 4) is 0 Å². The van der Waals surface area contributed by atoms with E-state index in [4.69, 9.17) is 0 Å². The third-order valence-corrected chi connectivity index (χ3v) is 3.37. The van der Waals surface area contributed by atoms with Crippen LogP contribution >= 0.6 is 0 Å². The van der Waals surface area contributed by atoms with E-state index in [0.717, 1.165) is 29.7 Å². The van der Waals surface area contributed by atoms with Gasteiger partial charge >= 0.3 is 0 Å². The Morgan fingerprint density at radius 2 is 1.76 bits per heavy atom. The zero-order valence-electron chi connectivity index (χ0n) is 12.3. The Hall–Kier alpha value is -2.13. The first kappa shape index (κ1) is 15.3. The predicted octanol–water partition coefficient (Wildman–Crippen LogP) is 3.70. The van der Waals surface area contributed by atoms with Crippen molar-refractivity contribution < 1.29 is 9.90 Å². The fourth-order valence-corrected chi connectivity index (χ4v) is 2.30. The van der Waals surface area contributed by atoms with Gasteiger partial charge in [-0.2, -0.15) is 0 Å². The number of carbonyl (C=O) groups is 1. The van der Waals surface area contributed by atoms with Crippen LogP contribution in [0, 0.1) is 0 Å². The third-order valence-electron chi connectivity index (χ3n) is 3.37. The van der Waals surface area contributed by atoms with Gasteiger partial charge < -0.3 is 10.4 Å². The SMILES string of the molecule is CCCc1ccccc1NC(=O)CC(O)c1ccccc1. The second-order valence-electron chi connectivity index (χ2n) is 5.09. The van der Waals surface area contributed by atoms with Gasteiger partial charge in [0.05, 0.1) is 12.5 Å². The van der Waals surface area contributed by atoms with E-state index in [0.29, 0.717) is 0 Å². The maximum absolute atomic E-state index is 12.1. The third kappa shape index (κ3) is 4.43. The quantitative estimate of drug-likeness (QED) is 0.849. The number of hydrogen-bond donors (Lipinski definition) is 2. The van der Waals surface area contributed by atoms with Crippen LogP contribution in [-0.2, 0) is 11.2 Å². The first-order chi connectivity index (χ1) is 10.2. The molecule has 0 aliphatic rings. The molecular formula is C18H21NO2. The highest BCUT2D eigenvalue weighted by Gasteiger charge is 2.13. The summed E-state index contributed by atoms with van der Waals surface area (Å²) >= 11 is 0. The van der Waals surface area contributed by atoms with Crippen LogP contribution in [0.5, 0.6) is 0 Å². The van der Waals surface area contributed by atoms with Crippen LogP contribution < -0.4 is 5.32 Å². The molecule has 1 amide bonds. The maximum atomic E-state index is 12.1. The summed E-state index contributed by atoms with van der Waals surface area (Å²) in [6, 6.07) is 17.0. The fourth-order valence-electron chi connectivity index (χ4n) is 2.30. The normalized spacial score (nSPS) is 11.9. The van der Waals surface area contributed by atoms with Crippen LogP contribution in [0.4, 0.5) is 5.69 Å². The van der Waals surface area contributed by atoms with E-state index >= 15 is 0 Å². The number of aryl methyl sites for hydroxylation is 1. The molecule has 3 nitrogen and oxygen atoms in total. The number of nitrogens with one attached hydrogen (secondary N) is 1. The van der Waals surface area contributed by atoms with Crippen molar-refractivity contribution in [1.29, 1.82) is 0 Å². The minimum absolute atomic E-state index is 0.0600. The zero-order valence-corrected chi connectivity index (χ0v) is 12.3. The van der Waals surface area contributed by atoms with Crippen molar-refractivity contribution in [2.75, 3.05) is 5.32 Å². The zero-order chi connectivity index (χ0) is 15.1. The lowest BCUT2D eigenvalue weighted by Gasteiger charge is -2.13. The minimum atomic E-state index is -0.774. The molecule has 0 saturated heterocycles. The number of carbonyl (C=O) groups excluding carboxylic acids is 1. The van der Waals surface area contributed by atoms with Gasteiger partial charge in [-0.15, -0.1) is 0 Å². The minimum Gasteiger partial charge on any atom is -0.388 e. The Morgan fingerprint density at radius 1 is 1.10 bits per heavy atom. The van der Waals surface area contributed by atoms with Gasteiger partial charge in [-0.25, -0.2) is 0 Å². The molecule has 0 bridgehead atoms. The highest BCUT2D eigenvalue weighted by molar-refractivity contribution is 5.91. The summed E-state index contributed by atoms with van der Waals surface area (Å²) in [5.41, 5.74) is 2.72. The summed E-state index contributed by atoms with van der Waals surface area (Å²) in [6.07, 6.45) is 1.24. The highest BCUT2D eigenvalue weighted by Crippen LogP contribution is 2.20. The first-order valence-corrected chi connectivity index (χ1v) is 7.31. The van der Waals surface area contributed by atoms with E-state index in [2.05, 4.69) is 12.2 Å². The van der Waals surface area contributed by atoms with E-state index in [-0.39, 0.29) is 12.3 Å². The van der Waals surface area contributed by atoms with Crippen molar-refractivity contribution in [1.82, 2.24) is 0 Å². The molecule has 0 aliphatic carbocycles. The highest BCUT2D eigenvalue weighted by atomic mass is 16.3. The average molecular weight is 283 g/mol. The number of para-hydroxylation sites is 1. The molecule has 110 valence electrons. The van der Waals surface area contributed by atoms with Crippen LogP contribution in [0.3, 0.4) is 0 Å². The summed E-state index contributed by atoms with van der Waals surface area (Å²) in [5, 5.41) is 13.0. The Morgan fingerprint density at radius 3 is 2.48 bits per heavy atom. The largest absolute Gasteiger partial charge is 0.388 e. The molecule has 0 saturated carbocycles. The number of benzene rings is 2. The Bertz CT molecular complexity index is 581. The Labute approximate surface area is 125 Å². The first-order valence-electron chi connectivity index (χ1n) is 7.31. The van der Waals surface area contributed by atoms with E-state index in [1.807, 2.05) is 54.6 Å². The van der Waals surface area contributed by atoms with Crippen LogP contribution in [0.15, 0.2) is 54.6 Å². The van der Waals surface area contributed by atoms with Gasteiger partial charge in [-0.1, -0.05) is 61.9 Å². The number of aliphatic hydroxyl groups is 1. The Kier molecular flexibility index (Phi) is 5.52. The lowest BCUT2D eigenvalue weighted by molar-refractivity contribution is -0.118. The molecule has 2 rings (SSSR count). The number of hydrogen-bond acceptors (Lipinski definition) is 2. The standard InChI is InChI=1S/C18H21NO2/c1-2-8-14-9-6-7-12-16(14)19-18(21)13-17(20)15-10-4-3-5-11-15/h3-7,9-12,17,20H,2,8,13H2,1H3,(H,19,21). The molecule has 0 radical (unpaired) electrons. The van der Waals surface area contributed by atoms with Crippen molar-refractivity contribution in [3.63, 3.8) is 0 Å². The molecule has 2 N–H and O–H groups in total. The number of anilines is 1. The van der Waals surface area contributed by atoms with Crippen molar-refractivity contribution in [2.24, 2.45) is 0 Å². The molecule has 0 heterocycles. The van der Waals surface area contributed by atoms with Gasteiger partial charge in [0.1, 0.15) is 0 Å². The van der Waals surface area contributed by atoms with Gasteiger partial charge in [0, 0.05) is 5.69 Å². The second kappa shape index (κ2) is 7.60. The van der Waals surface area contributed by atoms with Gasteiger partial charge in [0.15, 0.2) is 0 Å². The van der Waals surface area contributed by atoms with E-state index in [1.54, 1.807) is 0 Å². The summed E-state index contributed by atoms with van der Waals surface area (Å²) in [5.74, 6) is -0.171. The lowest BCUT2D eigenvalue weighted by Crippen LogP contribution is -2.16. The summed E-state index contributed by atoms with van der Waals surface area (Å²) < 4.78 is 0. The van der Waals surface area contributed by atoms with Crippen LogP contribution in [0.2, 0.25) is 0 Å². The molecular weight excluding hydrogens is 262 g/mol. The molecule has 3 heteroatoms. The van der Waals surface area contributed by atoms with Crippen molar-refractivity contribution >= 4 is 11.6 Å². The summed E-state index contributed by atoms with van der Waals surface area (Å²) in [6.45, 7) is 2.11. The van der Waals surface area contributed by atoms with E-state index < -0.39 is 6.10 Å². The molecule has 1 atom stereocenters. The molecule has 21 heavy (non-hydrogen) atoms. The van der Waals surface area contributed by atoms with Crippen LogP contribution in [0.1, 0.15) is 37.0 Å².